The van der Waals surface area contributed by atoms with Crippen molar-refractivity contribution in [3.8, 4) is 17.2 Å². The van der Waals surface area contributed by atoms with Crippen molar-refractivity contribution in [3.63, 3.8) is 0 Å². The summed E-state index contributed by atoms with van der Waals surface area (Å²) in [6.45, 7) is 7.67. The second-order valence-electron chi connectivity index (χ2n) is 4.77. The largest absolute Gasteiger partial charge is 0.502 e. The molecule has 0 unspecified atom stereocenters. The summed E-state index contributed by atoms with van der Waals surface area (Å²) in [6.07, 6.45) is 4.27. The molecule has 0 radical (unpaired) electrons. The van der Waals surface area contributed by atoms with Crippen LogP contribution in [0.25, 0.3) is 0 Å². The van der Waals surface area contributed by atoms with Gasteiger partial charge in [-0.2, -0.15) is 0 Å². The number of benzene rings is 1. The molecule has 0 amide bonds. The summed E-state index contributed by atoms with van der Waals surface area (Å²) < 4.78 is 10.5. The predicted octanol–water partition coefficient (Wildman–Crippen LogP) is 5.12. The Morgan fingerprint density at radius 3 is 2.42 bits per heavy atom. The number of methoxy groups -OCH3 is 1. The van der Waals surface area contributed by atoms with E-state index in [1.165, 1.54) is 37.7 Å². The van der Waals surface area contributed by atoms with Crippen LogP contribution in [-0.2, 0) is 6.42 Å². The van der Waals surface area contributed by atoms with Gasteiger partial charge in [-0.05, 0) is 12.1 Å². The van der Waals surface area contributed by atoms with Gasteiger partial charge in [0.05, 0.1) is 22.7 Å². The fourth-order valence-corrected chi connectivity index (χ4v) is 2.59. The van der Waals surface area contributed by atoms with E-state index in [0.29, 0.717) is 15.6 Å². The van der Waals surface area contributed by atoms with Crippen molar-refractivity contribution in [3.05, 3.63) is 58.4 Å². The number of pyridine rings is 1. The topological polar surface area (TPSA) is 68.7 Å². The zero-order chi connectivity index (χ0) is 19.7. The minimum atomic E-state index is -0.318. The zero-order valence-electron chi connectivity index (χ0n) is 14.9. The smallest absolute Gasteiger partial charge is 0.201 e. The predicted molar refractivity (Wildman–Crippen MR) is 104 cm³/mol. The number of ketones is 1. The monoisotopic (exact) mass is 397 g/mol. The number of ether oxygens (including phenoxy) is 2. The SMILES string of the molecule is C=CCOc1c(C(=O)Cc2c(Cl)cncc2Cl)ccc(OC)c1O.CC. The Morgan fingerprint density at radius 2 is 1.88 bits per heavy atom. The second kappa shape index (κ2) is 10.7. The lowest BCUT2D eigenvalue weighted by Gasteiger charge is -2.14. The Balaban J connectivity index is 0.00000163. The highest BCUT2D eigenvalue weighted by Gasteiger charge is 2.21. The Labute approximate surface area is 163 Å². The number of hydrogen-bond acceptors (Lipinski definition) is 5. The third-order valence-electron chi connectivity index (χ3n) is 3.25. The number of carbonyl (C=O) groups is 1. The molecule has 0 aliphatic carbocycles. The lowest BCUT2D eigenvalue weighted by Crippen LogP contribution is -2.09. The number of carbonyl (C=O) groups excluding carboxylic acids is 1. The third kappa shape index (κ3) is 5.13. The summed E-state index contributed by atoms with van der Waals surface area (Å²) in [5, 5.41) is 10.8. The Bertz CT molecular complexity index is 758. The molecule has 0 aliphatic heterocycles. The van der Waals surface area contributed by atoms with Crippen molar-refractivity contribution in [1.82, 2.24) is 4.98 Å². The van der Waals surface area contributed by atoms with Crippen molar-refractivity contribution in [2.45, 2.75) is 20.3 Å². The van der Waals surface area contributed by atoms with Crippen molar-refractivity contribution >= 4 is 29.0 Å². The van der Waals surface area contributed by atoms with Crippen molar-refractivity contribution in [2.24, 2.45) is 0 Å². The normalized spacial score (nSPS) is 9.73. The van der Waals surface area contributed by atoms with Gasteiger partial charge in [-0.3, -0.25) is 9.78 Å². The molecule has 0 bridgehead atoms. The summed E-state index contributed by atoms with van der Waals surface area (Å²) in [5.74, 6) is -0.342. The standard InChI is InChI=1S/C17H15Cl2NO4.C2H6/c1-3-6-24-17-10(4-5-15(23-2)16(17)22)14(21)7-11-12(18)8-20-9-13(11)19;1-2/h3-5,8-9,22H,1,6-7H2,2H3;1-2H3. The number of aromatic hydroxyl groups is 1. The number of nitrogens with zero attached hydrogens (tertiary/aromatic N) is 1. The van der Waals surface area contributed by atoms with Crippen LogP contribution in [-0.4, -0.2) is 29.6 Å². The average molecular weight is 398 g/mol. The number of hydrogen-bond donors (Lipinski definition) is 1. The number of phenolic OH excluding ortho intramolecular Hbond substituents is 1. The molecule has 0 aliphatic rings. The second-order valence-corrected chi connectivity index (χ2v) is 5.59. The maximum absolute atomic E-state index is 12.7. The molecule has 0 atom stereocenters. The van der Waals surface area contributed by atoms with Crippen LogP contribution in [0.4, 0.5) is 0 Å². The van der Waals surface area contributed by atoms with Gasteiger partial charge < -0.3 is 14.6 Å². The van der Waals surface area contributed by atoms with Crippen LogP contribution >= 0.6 is 23.2 Å². The van der Waals surface area contributed by atoms with E-state index in [9.17, 15) is 9.90 Å². The van der Waals surface area contributed by atoms with Crippen molar-refractivity contribution in [1.29, 1.82) is 0 Å². The molecule has 1 N–H and O–H groups in total. The quantitative estimate of drug-likeness (QED) is 0.518. The number of phenols is 1. The van der Waals surface area contributed by atoms with Gasteiger partial charge in [0.2, 0.25) is 5.75 Å². The van der Waals surface area contributed by atoms with E-state index in [1.807, 2.05) is 13.8 Å². The van der Waals surface area contributed by atoms with Crippen LogP contribution in [0, 0.1) is 0 Å². The molecule has 26 heavy (non-hydrogen) atoms. The summed E-state index contributed by atoms with van der Waals surface area (Å²) in [6, 6.07) is 3.00. The molecule has 1 heterocycles. The number of halogens is 2. The highest BCUT2D eigenvalue weighted by Crippen LogP contribution is 2.39. The summed E-state index contributed by atoms with van der Waals surface area (Å²) in [4.78, 5) is 16.5. The molecule has 140 valence electrons. The molecular weight excluding hydrogens is 377 g/mol. The molecule has 1 aromatic carbocycles. The molecule has 0 saturated carbocycles. The number of Topliss-reactive ketones (excluding diaryl/α,β-unsaturated/α-hetero) is 1. The van der Waals surface area contributed by atoms with Crippen molar-refractivity contribution in [2.75, 3.05) is 13.7 Å². The van der Waals surface area contributed by atoms with E-state index in [2.05, 4.69) is 11.6 Å². The minimum Gasteiger partial charge on any atom is -0.502 e. The van der Waals surface area contributed by atoms with Crippen LogP contribution in [0.15, 0.2) is 37.2 Å². The fraction of sp³-hybridized carbons (Fsp3) is 0.263. The molecule has 0 fully saturated rings. The molecular formula is C19H21Cl2NO4. The molecule has 0 saturated heterocycles. The molecule has 7 heteroatoms. The van der Waals surface area contributed by atoms with Crippen LogP contribution in [0.1, 0.15) is 29.8 Å². The van der Waals surface area contributed by atoms with Crippen molar-refractivity contribution < 1.29 is 19.4 Å². The molecule has 0 spiro atoms. The van der Waals surface area contributed by atoms with Crippen LogP contribution in [0.5, 0.6) is 17.2 Å². The van der Waals surface area contributed by atoms with Crippen LogP contribution < -0.4 is 9.47 Å². The summed E-state index contributed by atoms with van der Waals surface area (Å²) in [5.41, 5.74) is 0.655. The fourth-order valence-electron chi connectivity index (χ4n) is 2.09. The Morgan fingerprint density at radius 1 is 1.27 bits per heavy atom. The van der Waals surface area contributed by atoms with Crippen LogP contribution in [0.3, 0.4) is 0 Å². The first-order valence-corrected chi connectivity index (χ1v) is 8.69. The van der Waals surface area contributed by atoms with E-state index >= 15 is 0 Å². The Hall–Kier alpha value is -2.24. The van der Waals surface area contributed by atoms with E-state index < -0.39 is 0 Å². The molecule has 2 aromatic rings. The van der Waals surface area contributed by atoms with Gasteiger partial charge in [0.1, 0.15) is 6.61 Å². The van der Waals surface area contributed by atoms with Gasteiger partial charge in [0.15, 0.2) is 17.3 Å². The lowest BCUT2D eigenvalue weighted by molar-refractivity contribution is 0.0988. The number of aromatic nitrogens is 1. The highest BCUT2D eigenvalue weighted by molar-refractivity contribution is 6.36. The first-order chi connectivity index (χ1) is 12.5. The van der Waals surface area contributed by atoms with Gasteiger partial charge in [0.25, 0.3) is 0 Å². The minimum absolute atomic E-state index is 0.0283. The lowest BCUT2D eigenvalue weighted by atomic mass is 10.0. The van der Waals surface area contributed by atoms with Gasteiger partial charge >= 0.3 is 0 Å². The van der Waals surface area contributed by atoms with Crippen LogP contribution in [0.2, 0.25) is 10.0 Å². The van der Waals surface area contributed by atoms with E-state index in [-0.39, 0.29) is 41.6 Å². The third-order valence-corrected chi connectivity index (χ3v) is 3.90. The van der Waals surface area contributed by atoms with E-state index in [1.54, 1.807) is 0 Å². The van der Waals surface area contributed by atoms with E-state index in [4.69, 9.17) is 32.7 Å². The average Bonchev–Trinajstić information content (AvgIpc) is 2.65. The van der Waals surface area contributed by atoms with Gasteiger partial charge in [-0.1, -0.05) is 49.7 Å². The molecule has 2 rings (SSSR count). The van der Waals surface area contributed by atoms with Gasteiger partial charge in [0, 0.05) is 24.4 Å². The maximum Gasteiger partial charge on any atom is 0.201 e. The summed E-state index contributed by atoms with van der Waals surface area (Å²) in [7, 11) is 1.41. The zero-order valence-corrected chi connectivity index (χ0v) is 16.4. The van der Waals surface area contributed by atoms with E-state index in [0.717, 1.165) is 0 Å². The maximum atomic E-state index is 12.7. The van der Waals surface area contributed by atoms with Gasteiger partial charge in [-0.25, -0.2) is 0 Å². The highest BCUT2D eigenvalue weighted by atomic mass is 35.5. The first kappa shape index (κ1) is 21.8. The molecule has 1 aromatic heterocycles. The Kier molecular flexibility index (Phi) is 8.96. The first-order valence-electron chi connectivity index (χ1n) is 7.94. The molecule has 5 nitrogen and oxygen atoms in total. The number of rotatable bonds is 7. The summed E-state index contributed by atoms with van der Waals surface area (Å²) >= 11 is 12.1. The van der Waals surface area contributed by atoms with Gasteiger partial charge in [-0.15, -0.1) is 0 Å².